The molecule has 0 spiro atoms. The number of carbonyl (C=O) groups excluding carboxylic acids is 1. The van der Waals surface area contributed by atoms with Crippen LogP contribution in [-0.4, -0.2) is 42.0 Å². The standard InChI is InChI=1S/C14H18N4OS/c1-18-7-4-9(5-8-18)17-13(19)12-11(15)10-3-2-6-16-14(10)20-12/h2-3,6,9H,4-5,7-8,15H2,1H3,(H,17,19). The summed E-state index contributed by atoms with van der Waals surface area (Å²) in [5.41, 5.74) is 6.61. The molecule has 0 aliphatic carbocycles. The van der Waals surface area contributed by atoms with Crippen molar-refractivity contribution in [3.8, 4) is 0 Å². The predicted octanol–water partition coefficient (Wildman–Crippen LogP) is 1.70. The summed E-state index contributed by atoms with van der Waals surface area (Å²) in [5, 5.41) is 3.96. The van der Waals surface area contributed by atoms with Gasteiger partial charge < -0.3 is 16.0 Å². The first kappa shape index (κ1) is 13.3. The zero-order valence-electron chi connectivity index (χ0n) is 11.4. The average Bonchev–Trinajstić information content (AvgIpc) is 2.79. The highest BCUT2D eigenvalue weighted by Gasteiger charge is 2.22. The van der Waals surface area contributed by atoms with E-state index in [0.717, 1.165) is 36.1 Å². The van der Waals surface area contributed by atoms with Crippen molar-refractivity contribution >= 4 is 33.1 Å². The average molecular weight is 290 g/mol. The number of carbonyl (C=O) groups is 1. The van der Waals surface area contributed by atoms with Gasteiger partial charge in [-0.1, -0.05) is 0 Å². The number of nitrogens with one attached hydrogen (secondary N) is 1. The number of rotatable bonds is 2. The Balaban J connectivity index is 1.77. The van der Waals surface area contributed by atoms with E-state index >= 15 is 0 Å². The minimum atomic E-state index is -0.0694. The number of nitrogens with two attached hydrogens (primary N) is 1. The first-order chi connectivity index (χ1) is 9.65. The normalized spacial score (nSPS) is 17.4. The molecule has 2 aromatic rings. The molecule has 3 heterocycles. The maximum absolute atomic E-state index is 12.4. The van der Waals surface area contributed by atoms with Crippen molar-refractivity contribution in [3.63, 3.8) is 0 Å². The lowest BCUT2D eigenvalue weighted by atomic mass is 10.1. The van der Waals surface area contributed by atoms with Crippen molar-refractivity contribution in [2.24, 2.45) is 0 Å². The fraction of sp³-hybridized carbons (Fsp3) is 0.429. The number of hydrogen-bond acceptors (Lipinski definition) is 5. The Labute approximate surface area is 121 Å². The van der Waals surface area contributed by atoms with Gasteiger partial charge in [0.15, 0.2) is 0 Å². The number of piperidine rings is 1. The number of nitrogen functional groups attached to an aromatic ring is 1. The molecule has 3 N–H and O–H groups in total. The van der Waals surface area contributed by atoms with Crippen LogP contribution >= 0.6 is 11.3 Å². The summed E-state index contributed by atoms with van der Waals surface area (Å²) in [5.74, 6) is -0.0694. The third kappa shape index (κ3) is 2.48. The van der Waals surface area contributed by atoms with E-state index in [4.69, 9.17) is 5.73 Å². The minimum Gasteiger partial charge on any atom is -0.397 e. The molecule has 1 aliphatic heterocycles. The third-order valence-electron chi connectivity index (χ3n) is 3.76. The SMILES string of the molecule is CN1CCC(NC(=O)c2sc3ncccc3c2N)CC1. The van der Waals surface area contributed by atoms with E-state index in [-0.39, 0.29) is 11.9 Å². The van der Waals surface area contributed by atoms with Crippen LogP contribution in [0.4, 0.5) is 5.69 Å². The van der Waals surface area contributed by atoms with Gasteiger partial charge in [0.2, 0.25) is 0 Å². The van der Waals surface area contributed by atoms with Crippen molar-refractivity contribution in [2.45, 2.75) is 18.9 Å². The number of hydrogen-bond donors (Lipinski definition) is 2. The molecule has 0 aromatic carbocycles. The summed E-state index contributed by atoms with van der Waals surface area (Å²) in [6.45, 7) is 2.04. The van der Waals surface area contributed by atoms with Crippen LogP contribution < -0.4 is 11.1 Å². The zero-order valence-corrected chi connectivity index (χ0v) is 12.2. The lowest BCUT2D eigenvalue weighted by Gasteiger charge is -2.29. The monoisotopic (exact) mass is 290 g/mol. The van der Waals surface area contributed by atoms with Crippen molar-refractivity contribution in [2.75, 3.05) is 25.9 Å². The summed E-state index contributed by atoms with van der Waals surface area (Å²) in [6, 6.07) is 3.99. The van der Waals surface area contributed by atoms with Gasteiger partial charge in [-0.25, -0.2) is 4.98 Å². The number of likely N-dealkylation sites (tertiary alicyclic amines) is 1. The first-order valence-corrected chi connectivity index (χ1v) is 7.59. The summed E-state index contributed by atoms with van der Waals surface area (Å²) in [6.07, 6.45) is 3.70. The molecular weight excluding hydrogens is 272 g/mol. The number of anilines is 1. The molecule has 3 rings (SSSR count). The highest BCUT2D eigenvalue weighted by molar-refractivity contribution is 7.21. The molecule has 1 fully saturated rings. The Morgan fingerprint density at radius 2 is 2.25 bits per heavy atom. The van der Waals surface area contributed by atoms with Crippen LogP contribution in [0.2, 0.25) is 0 Å². The lowest BCUT2D eigenvalue weighted by molar-refractivity contribution is 0.0922. The molecule has 0 unspecified atom stereocenters. The van der Waals surface area contributed by atoms with Crippen LogP contribution in [-0.2, 0) is 0 Å². The van der Waals surface area contributed by atoms with E-state index < -0.39 is 0 Å². The molecule has 20 heavy (non-hydrogen) atoms. The van der Waals surface area contributed by atoms with Gasteiger partial charge in [0.1, 0.15) is 9.71 Å². The Morgan fingerprint density at radius 1 is 1.50 bits per heavy atom. The van der Waals surface area contributed by atoms with Crippen LogP contribution in [0.25, 0.3) is 10.2 Å². The molecule has 0 atom stereocenters. The number of fused-ring (bicyclic) bond motifs is 1. The number of aromatic nitrogens is 1. The van der Waals surface area contributed by atoms with Crippen molar-refractivity contribution < 1.29 is 4.79 Å². The first-order valence-electron chi connectivity index (χ1n) is 6.77. The van der Waals surface area contributed by atoms with Gasteiger partial charge in [-0.2, -0.15) is 0 Å². The maximum Gasteiger partial charge on any atom is 0.263 e. The predicted molar refractivity (Wildman–Crippen MR) is 82.0 cm³/mol. The van der Waals surface area contributed by atoms with E-state index in [9.17, 15) is 4.79 Å². The molecule has 1 amide bonds. The van der Waals surface area contributed by atoms with Crippen LogP contribution in [0, 0.1) is 0 Å². The quantitative estimate of drug-likeness (QED) is 0.883. The van der Waals surface area contributed by atoms with Crippen molar-refractivity contribution in [1.82, 2.24) is 15.2 Å². The second kappa shape index (κ2) is 5.38. The fourth-order valence-corrected chi connectivity index (χ4v) is 3.49. The van der Waals surface area contributed by atoms with Gasteiger partial charge in [0.05, 0.1) is 5.69 Å². The molecule has 6 heteroatoms. The smallest absolute Gasteiger partial charge is 0.263 e. The van der Waals surface area contributed by atoms with Crippen molar-refractivity contribution in [1.29, 1.82) is 0 Å². The number of amides is 1. The van der Waals surface area contributed by atoms with Crippen LogP contribution in [0.5, 0.6) is 0 Å². The van der Waals surface area contributed by atoms with E-state index in [1.54, 1.807) is 6.20 Å². The molecule has 1 saturated heterocycles. The number of pyridine rings is 1. The van der Waals surface area contributed by atoms with Gasteiger partial charge in [0, 0.05) is 17.6 Å². The van der Waals surface area contributed by atoms with Gasteiger partial charge >= 0.3 is 0 Å². The lowest BCUT2D eigenvalue weighted by Crippen LogP contribution is -2.43. The van der Waals surface area contributed by atoms with E-state index in [2.05, 4.69) is 22.2 Å². The second-order valence-corrected chi connectivity index (χ2v) is 6.25. The Hall–Kier alpha value is -1.66. The molecule has 5 nitrogen and oxygen atoms in total. The third-order valence-corrected chi connectivity index (χ3v) is 4.89. The molecule has 0 radical (unpaired) electrons. The molecular formula is C14H18N4OS. The summed E-state index contributed by atoms with van der Waals surface area (Å²) >= 11 is 1.36. The summed E-state index contributed by atoms with van der Waals surface area (Å²) < 4.78 is 0. The fourth-order valence-electron chi connectivity index (χ4n) is 2.52. The number of nitrogens with zero attached hydrogens (tertiary/aromatic N) is 2. The Bertz CT molecular complexity index is 631. The van der Waals surface area contributed by atoms with Crippen LogP contribution in [0.3, 0.4) is 0 Å². The van der Waals surface area contributed by atoms with E-state index in [1.165, 1.54) is 11.3 Å². The Kier molecular flexibility index (Phi) is 3.58. The number of thiophene rings is 1. The highest BCUT2D eigenvalue weighted by atomic mass is 32.1. The van der Waals surface area contributed by atoms with Crippen molar-refractivity contribution in [3.05, 3.63) is 23.2 Å². The van der Waals surface area contributed by atoms with Gasteiger partial charge in [-0.3, -0.25) is 4.79 Å². The van der Waals surface area contributed by atoms with Gasteiger partial charge in [0.25, 0.3) is 5.91 Å². The zero-order chi connectivity index (χ0) is 14.1. The summed E-state index contributed by atoms with van der Waals surface area (Å²) in [4.78, 5) is 20.3. The van der Waals surface area contributed by atoms with Crippen LogP contribution in [0.1, 0.15) is 22.5 Å². The molecule has 1 aliphatic rings. The minimum absolute atomic E-state index is 0.0694. The molecule has 2 aromatic heterocycles. The summed E-state index contributed by atoms with van der Waals surface area (Å²) in [7, 11) is 2.10. The molecule has 0 saturated carbocycles. The maximum atomic E-state index is 12.4. The van der Waals surface area contributed by atoms with Gasteiger partial charge in [-0.05, 0) is 45.1 Å². The van der Waals surface area contributed by atoms with Gasteiger partial charge in [-0.15, -0.1) is 11.3 Å². The largest absolute Gasteiger partial charge is 0.397 e. The van der Waals surface area contributed by atoms with Crippen LogP contribution in [0.15, 0.2) is 18.3 Å². The topological polar surface area (TPSA) is 71.2 Å². The second-order valence-electron chi connectivity index (χ2n) is 5.25. The van der Waals surface area contributed by atoms with E-state index in [0.29, 0.717) is 10.6 Å². The molecule has 0 bridgehead atoms. The van der Waals surface area contributed by atoms with E-state index in [1.807, 2.05) is 12.1 Å². The Morgan fingerprint density at radius 3 is 2.95 bits per heavy atom. The molecule has 106 valence electrons. The highest BCUT2D eigenvalue weighted by Crippen LogP contribution is 2.31.